The predicted octanol–water partition coefficient (Wildman–Crippen LogP) is 3.85. The van der Waals surface area contributed by atoms with Gasteiger partial charge in [0.15, 0.2) is 0 Å². The highest BCUT2D eigenvalue weighted by Crippen LogP contribution is 2.36. The number of halogens is 2. The number of piperidine rings is 1. The van der Waals surface area contributed by atoms with Crippen molar-refractivity contribution in [2.24, 2.45) is 5.73 Å². The van der Waals surface area contributed by atoms with Crippen molar-refractivity contribution < 1.29 is 4.39 Å². The van der Waals surface area contributed by atoms with Gasteiger partial charge in [-0.3, -0.25) is 4.90 Å². The molecule has 106 valence electrons. The minimum Gasteiger partial charge on any atom is -0.326 e. The van der Waals surface area contributed by atoms with Crippen LogP contribution in [-0.4, -0.2) is 23.0 Å². The van der Waals surface area contributed by atoms with E-state index >= 15 is 0 Å². The zero-order chi connectivity index (χ0) is 14.2. The number of benzene rings is 1. The van der Waals surface area contributed by atoms with Gasteiger partial charge in [0.2, 0.25) is 0 Å². The summed E-state index contributed by atoms with van der Waals surface area (Å²) >= 11 is 3.27. The Morgan fingerprint density at radius 1 is 1.37 bits per heavy atom. The van der Waals surface area contributed by atoms with Gasteiger partial charge >= 0.3 is 0 Å². The zero-order valence-corrected chi connectivity index (χ0v) is 13.4. The Bertz CT molecular complexity index is 456. The first-order valence-corrected chi connectivity index (χ1v) is 7.57. The number of rotatable bonds is 1. The van der Waals surface area contributed by atoms with Crippen LogP contribution < -0.4 is 5.73 Å². The molecule has 0 saturated carbocycles. The second-order valence-electron chi connectivity index (χ2n) is 6.29. The summed E-state index contributed by atoms with van der Waals surface area (Å²) < 4.78 is 13.9. The zero-order valence-electron chi connectivity index (χ0n) is 11.8. The second kappa shape index (κ2) is 5.51. The van der Waals surface area contributed by atoms with E-state index in [9.17, 15) is 4.39 Å². The lowest BCUT2D eigenvalue weighted by atomic mass is 9.87. The number of likely N-dealkylation sites (tertiary alicyclic amines) is 1. The molecule has 1 aromatic rings. The maximum atomic E-state index is 13.4. The molecule has 0 aromatic heterocycles. The molecule has 2 N–H and O–H groups in total. The van der Waals surface area contributed by atoms with Crippen LogP contribution in [0.2, 0.25) is 0 Å². The number of hydrogen-bond acceptors (Lipinski definition) is 2. The smallest absolute Gasteiger partial charge is 0.137 e. The standard InChI is InChI=1S/C15H22BrFN2/c1-15(2,3)19-8-4-5-13(18)14(19)10-6-7-12(17)11(16)9-10/h6-7,9,13-14H,4-5,8,18H2,1-3H3. The molecule has 2 unspecified atom stereocenters. The fourth-order valence-corrected chi connectivity index (χ4v) is 3.30. The first-order valence-electron chi connectivity index (χ1n) is 6.78. The van der Waals surface area contributed by atoms with Crippen LogP contribution in [0.1, 0.15) is 45.2 Å². The van der Waals surface area contributed by atoms with E-state index < -0.39 is 0 Å². The summed E-state index contributed by atoms with van der Waals surface area (Å²) in [4.78, 5) is 2.43. The van der Waals surface area contributed by atoms with Gasteiger partial charge in [-0.2, -0.15) is 0 Å². The van der Waals surface area contributed by atoms with Gasteiger partial charge in [0.25, 0.3) is 0 Å². The van der Waals surface area contributed by atoms with E-state index in [0.29, 0.717) is 4.47 Å². The summed E-state index contributed by atoms with van der Waals surface area (Å²) in [6, 6.07) is 5.50. The van der Waals surface area contributed by atoms with Crippen LogP contribution >= 0.6 is 15.9 Å². The number of hydrogen-bond donors (Lipinski definition) is 1. The van der Waals surface area contributed by atoms with E-state index in [4.69, 9.17) is 5.73 Å². The van der Waals surface area contributed by atoms with Gasteiger partial charge in [-0.25, -0.2) is 4.39 Å². The van der Waals surface area contributed by atoms with Crippen molar-refractivity contribution in [3.63, 3.8) is 0 Å². The van der Waals surface area contributed by atoms with E-state index in [2.05, 4.69) is 41.6 Å². The molecule has 4 heteroatoms. The van der Waals surface area contributed by atoms with Crippen molar-refractivity contribution in [1.82, 2.24) is 4.90 Å². The average molecular weight is 329 g/mol. The first-order chi connectivity index (χ1) is 8.80. The van der Waals surface area contributed by atoms with Gasteiger partial charge in [-0.15, -0.1) is 0 Å². The number of nitrogens with two attached hydrogens (primary N) is 1. The summed E-state index contributed by atoms with van der Waals surface area (Å²) in [5.41, 5.74) is 7.49. The van der Waals surface area contributed by atoms with E-state index in [-0.39, 0.29) is 23.4 Å². The van der Waals surface area contributed by atoms with Crippen LogP contribution in [0.3, 0.4) is 0 Å². The quantitative estimate of drug-likeness (QED) is 0.848. The molecule has 2 rings (SSSR count). The average Bonchev–Trinajstić information content (AvgIpc) is 2.31. The summed E-state index contributed by atoms with van der Waals surface area (Å²) in [5, 5.41) is 0. The monoisotopic (exact) mass is 328 g/mol. The molecule has 1 aliphatic rings. The molecule has 1 aromatic carbocycles. The maximum absolute atomic E-state index is 13.4. The molecule has 0 radical (unpaired) electrons. The molecule has 2 nitrogen and oxygen atoms in total. The Hall–Kier alpha value is -0.450. The molecule has 1 heterocycles. The lowest BCUT2D eigenvalue weighted by Crippen LogP contribution is -2.53. The first kappa shape index (κ1) is 14.9. The third-order valence-electron chi connectivity index (χ3n) is 3.82. The van der Waals surface area contributed by atoms with Crippen LogP contribution in [0.25, 0.3) is 0 Å². The van der Waals surface area contributed by atoms with E-state index in [1.165, 1.54) is 6.07 Å². The van der Waals surface area contributed by atoms with Crippen LogP contribution in [0, 0.1) is 5.82 Å². The molecule has 0 amide bonds. The van der Waals surface area contributed by atoms with Gasteiger partial charge in [-0.05, 0) is 73.8 Å². The van der Waals surface area contributed by atoms with Gasteiger partial charge in [-0.1, -0.05) is 6.07 Å². The summed E-state index contributed by atoms with van der Waals surface area (Å²) in [7, 11) is 0. The van der Waals surface area contributed by atoms with Gasteiger partial charge in [0.1, 0.15) is 5.82 Å². The SMILES string of the molecule is CC(C)(C)N1CCCC(N)C1c1ccc(F)c(Br)c1. The lowest BCUT2D eigenvalue weighted by molar-refractivity contribution is 0.0384. The predicted molar refractivity (Wildman–Crippen MR) is 80.5 cm³/mol. The largest absolute Gasteiger partial charge is 0.326 e. The van der Waals surface area contributed by atoms with E-state index in [0.717, 1.165) is 24.9 Å². The Balaban J connectivity index is 2.39. The number of nitrogens with zero attached hydrogens (tertiary/aromatic N) is 1. The normalized spacial score (nSPS) is 25.6. The van der Waals surface area contributed by atoms with Crippen molar-refractivity contribution in [1.29, 1.82) is 0 Å². The second-order valence-corrected chi connectivity index (χ2v) is 7.14. The van der Waals surface area contributed by atoms with Gasteiger partial charge in [0.05, 0.1) is 10.5 Å². The summed E-state index contributed by atoms with van der Waals surface area (Å²) in [6.45, 7) is 7.65. The van der Waals surface area contributed by atoms with Gasteiger partial charge in [0, 0.05) is 11.6 Å². The van der Waals surface area contributed by atoms with Crippen LogP contribution in [0.5, 0.6) is 0 Å². The Kier molecular flexibility index (Phi) is 4.33. The van der Waals surface area contributed by atoms with Gasteiger partial charge < -0.3 is 5.73 Å². The maximum Gasteiger partial charge on any atom is 0.137 e. The molecular formula is C15H22BrFN2. The fraction of sp³-hybridized carbons (Fsp3) is 0.600. The van der Waals surface area contributed by atoms with Crippen molar-refractivity contribution in [3.05, 3.63) is 34.1 Å². The molecule has 19 heavy (non-hydrogen) atoms. The topological polar surface area (TPSA) is 29.3 Å². The lowest BCUT2D eigenvalue weighted by Gasteiger charge is -2.47. The molecule has 2 atom stereocenters. The van der Waals surface area contributed by atoms with E-state index in [1.807, 2.05) is 12.1 Å². The summed E-state index contributed by atoms with van der Waals surface area (Å²) in [5.74, 6) is -0.226. The summed E-state index contributed by atoms with van der Waals surface area (Å²) in [6.07, 6.45) is 2.14. The molecule has 0 aliphatic carbocycles. The Morgan fingerprint density at radius 2 is 2.05 bits per heavy atom. The van der Waals surface area contributed by atoms with Crippen molar-refractivity contribution in [2.75, 3.05) is 6.54 Å². The minimum absolute atomic E-state index is 0.0591. The molecule has 1 fully saturated rings. The molecule has 0 spiro atoms. The molecule has 1 aliphatic heterocycles. The Labute approximate surface area is 123 Å². The highest BCUT2D eigenvalue weighted by molar-refractivity contribution is 9.10. The third kappa shape index (κ3) is 3.18. The van der Waals surface area contributed by atoms with E-state index in [1.54, 1.807) is 0 Å². The highest BCUT2D eigenvalue weighted by Gasteiger charge is 2.36. The van der Waals surface area contributed by atoms with Crippen LogP contribution in [0.4, 0.5) is 4.39 Å². The fourth-order valence-electron chi connectivity index (χ4n) is 2.90. The third-order valence-corrected chi connectivity index (χ3v) is 4.43. The Morgan fingerprint density at radius 3 is 2.63 bits per heavy atom. The van der Waals surface area contributed by atoms with Crippen molar-refractivity contribution in [3.8, 4) is 0 Å². The van der Waals surface area contributed by atoms with Crippen molar-refractivity contribution in [2.45, 2.75) is 51.2 Å². The molecule has 0 bridgehead atoms. The molecule has 1 saturated heterocycles. The van der Waals surface area contributed by atoms with Crippen LogP contribution in [-0.2, 0) is 0 Å². The highest BCUT2D eigenvalue weighted by atomic mass is 79.9. The minimum atomic E-state index is -0.226. The molecular weight excluding hydrogens is 307 g/mol. The van der Waals surface area contributed by atoms with Crippen molar-refractivity contribution >= 4 is 15.9 Å². The van der Waals surface area contributed by atoms with Crippen LogP contribution in [0.15, 0.2) is 22.7 Å².